The minimum absolute atomic E-state index is 0.0446. The Balaban J connectivity index is 2.59. The Morgan fingerprint density at radius 2 is 2.05 bits per heavy atom. The number of hydrogen-bond donors (Lipinski definition) is 1. The first-order valence-electron chi connectivity index (χ1n) is 7.51. The van der Waals surface area contributed by atoms with Gasteiger partial charge in [-0.2, -0.15) is 13.2 Å². The Kier molecular flexibility index (Phi) is 7.33. The molecule has 0 bridgehead atoms. The fourth-order valence-corrected chi connectivity index (χ4v) is 3.05. The third-order valence-corrected chi connectivity index (χ3v) is 4.20. The third-order valence-electron chi connectivity index (χ3n) is 3.49. The predicted molar refractivity (Wildman–Crippen MR) is 79.9 cm³/mol. The normalized spacial score (nSPS) is 23.4. The molecule has 0 spiro atoms. The van der Waals surface area contributed by atoms with E-state index in [0.29, 0.717) is 5.92 Å². The zero-order valence-corrected chi connectivity index (χ0v) is 13.7. The number of alkyl halides is 3. The van der Waals surface area contributed by atoms with E-state index in [9.17, 15) is 18.0 Å². The molecule has 1 N–H and O–H groups in total. The quantitative estimate of drug-likeness (QED) is 0.740. The van der Waals surface area contributed by atoms with Crippen LogP contribution in [0.1, 0.15) is 46.5 Å². The van der Waals surface area contributed by atoms with Crippen molar-refractivity contribution in [2.45, 2.75) is 64.2 Å². The minimum Gasteiger partial charge on any atom is -0.325 e. The predicted octanol–water partition coefficient (Wildman–Crippen LogP) is 3.60. The van der Waals surface area contributed by atoms with Crippen LogP contribution in [-0.2, 0) is 4.79 Å². The van der Waals surface area contributed by atoms with Crippen LogP contribution in [0.25, 0.3) is 0 Å². The molecule has 1 aliphatic heterocycles. The fourth-order valence-electron chi connectivity index (χ4n) is 2.53. The summed E-state index contributed by atoms with van der Waals surface area (Å²) in [6.45, 7) is 6.31. The van der Waals surface area contributed by atoms with Gasteiger partial charge in [-0.3, -0.25) is 10.1 Å². The lowest BCUT2D eigenvalue weighted by Gasteiger charge is -2.25. The average molecular weight is 326 g/mol. The Labute approximate surface area is 129 Å². The highest BCUT2D eigenvalue weighted by Gasteiger charge is 2.38. The number of thioether (sulfide) groups is 1. The molecule has 0 aromatic rings. The summed E-state index contributed by atoms with van der Waals surface area (Å²) in [5, 5.41) is 3.29. The Morgan fingerprint density at radius 1 is 1.38 bits per heavy atom. The molecule has 1 fully saturated rings. The first-order chi connectivity index (χ1) is 9.74. The Morgan fingerprint density at radius 3 is 2.57 bits per heavy atom. The SMILES string of the molecule is CCCCC1NC(CC(C)C)N(CCSC(F)(F)F)C1=O. The van der Waals surface area contributed by atoms with Crippen molar-refractivity contribution in [1.29, 1.82) is 0 Å². The number of hydrogen-bond acceptors (Lipinski definition) is 3. The van der Waals surface area contributed by atoms with E-state index < -0.39 is 5.51 Å². The van der Waals surface area contributed by atoms with E-state index in [4.69, 9.17) is 0 Å². The summed E-state index contributed by atoms with van der Waals surface area (Å²) in [4.78, 5) is 13.9. The molecule has 3 nitrogen and oxygen atoms in total. The summed E-state index contributed by atoms with van der Waals surface area (Å²) in [5.41, 5.74) is -4.23. The second kappa shape index (κ2) is 8.27. The second-order valence-corrected chi connectivity index (χ2v) is 6.99. The zero-order valence-electron chi connectivity index (χ0n) is 12.9. The first-order valence-corrected chi connectivity index (χ1v) is 8.50. The molecule has 0 radical (unpaired) electrons. The van der Waals surface area contributed by atoms with Gasteiger partial charge in [0.1, 0.15) is 0 Å². The number of halogens is 3. The third kappa shape index (κ3) is 6.46. The Hall–Kier alpha value is -0.430. The van der Waals surface area contributed by atoms with Gasteiger partial charge in [-0.05, 0) is 30.5 Å². The highest BCUT2D eigenvalue weighted by atomic mass is 32.2. The van der Waals surface area contributed by atoms with E-state index in [1.165, 1.54) is 0 Å². The molecule has 0 aliphatic carbocycles. The highest BCUT2D eigenvalue weighted by Crippen LogP contribution is 2.30. The maximum absolute atomic E-state index is 12.3. The van der Waals surface area contributed by atoms with Crippen LogP contribution in [0.3, 0.4) is 0 Å². The van der Waals surface area contributed by atoms with Crippen molar-refractivity contribution >= 4 is 17.7 Å². The molecule has 2 unspecified atom stereocenters. The zero-order chi connectivity index (χ0) is 16.0. The largest absolute Gasteiger partial charge is 0.441 e. The second-order valence-electron chi connectivity index (χ2n) is 5.83. The summed E-state index contributed by atoms with van der Waals surface area (Å²) in [6, 6.07) is -0.232. The van der Waals surface area contributed by atoms with E-state index >= 15 is 0 Å². The number of amides is 1. The van der Waals surface area contributed by atoms with Crippen LogP contribution >= 0.6 is 11.8 Å². The number of carbonyl (C=O) groups is 1. The van der Waals surface area contributed by atoms with Crippen LogP contribution in [-0.4, -0.2) is 40.8 Å². The van der Waals surface area contributed by atoms with E-state index in [1.807, 2.05) is 13.8 Å². The molecule has 124 valence electrons. The van der Waals surface area contributed by atoms with Crippen LogP contribution in [0, 0.1) is 5.92 Å². The molecule has 1 rings (SSSR count). The molecule has 7 heteroatoms. The number of rotatable bonds is 8. The molecule has 1 saturated heterocycles. The molecular formula is C14H25F3N2OS. The molecule has 0 aromatic carbocycles. The molecule has 0 saturated carbocycles. The van der Waals surface area contributed by atoms with E-state index in [-0.39, 0.29) is 42.2 Å². The van der Waals surface area contributed by atoms with Gasteiger partial charge in [0.15, 0.2) is 0 Å². The molecule has 1 aliphatic rings. The number of nitrogens with zero attached hydrogens (tertiary/aromatic N) is 1. The highest BCUT2D eigenvalue weighted by molar-refractivity contribution is 8.00. The standard InChI is InChI=1S/C14H25F3N2OS/c1-4-5-6-11-13(20)19(7-8-21-14(15,16)17)12(18-11)9-10(2)3/h10-12,18H,4-9H2,1-3H3. The van der Waals surface area contributed by atoms with Crippen LogP contribution in [0.5, 0.6) is 0 Å². The molecule has 0 aromatic heterocycles. The summed E-state index contributed by atoms with van der Waals surface area (Å²) in [6.07, 6.45) is 3.35. The van der Waals surface area contributed by atoms with Gasteiger partial charge >= 0.3 is 5.51 Å². The van der Waals surface area contributed by atoms with E-state index in [2.05, 4.69) is 12.2 Å². The minimum atomic E-state index is -4.23. The van der Waals surface area contributed by atoms with Crippen molar-refractivity contribution < 1.29 is 18.0 Å². The van der Waals surface area contributed by atoms with Crippen LogP contribution < -0.4 is 5.32 Å². The fraction of sp³-hybridized carbons (Fsp3) is 0.929. The van der Waals surface area contributed by atoms with Gasteiger partial charge in [-0.15, -0.1) is 0 Å². The van der Waals surface area contributed by atoms with E-state index in [0.717, 1.165) is 25.7 Å². The molecular weight excluding hydrogens is 301 g/mol. The average Bonchev–Trinajstić information content (AvgIpc) is 2.62. The molecule has 1 heterocycles. The van der Waals surface area contributed by atoms with Crippen molar-refractivity contribution in [2.75, 3.05) is 12.3 Å². The van der Waals surface area contributed by atoms with Crippen molar-refractivity contribution in [3.8, 4) is 0 Å². The van der Waals surface area contributed by atoms with Gasteiger partial charge in [0.05, 0.1) is 12.2 Å². The lowest BCUT2D eigenvalue weighted by Crippen LogP contribution is -2.40. The van der Waals surface area contributed by atoms with Crippen LogP contribution in [0.15, 0.2) is 0 Å². The summed E-state index contributed by atoms with van der Waals surface area (Å²) in [5.74, 6) is 0.237. The summed E-state index contributed by atoms with van der Waals surface area (Å²) in [7, 11) is 0. The number of nitrogens with one attached hydrogen (secondary N) is 1. The molecule has 21 heavy (non-hydrogen) atoms. The summed E-state index contributed by atoms with van der Waals surface area (Å²) >= 11 is -0.0592. The summed E-state index contributed by atoms with van der Waals surface area (Å²) < 4.78 is 36.7. The molecule has 2 atom stereocenters. The van der Waals surface area contributed by atoms with Gasteiger partial charge in [0.2, 0.25) is 5.91 Å². The number of carbonyl (C=O) groups excluding carboxylic acids is 1. The first kappa shape index (κ1) is 18.6. The van der Waals surface area contributed by atoms with Crippen molar-refractivity contribution in [2.24, 2.45) is 5.92 Å². The van der Waals surface area contributed by atoms with Crippen LogP contribution in [0.2, 0.25) is 0 Å². The van der Waals surface area contributed by atoms with Gasteiger partial charge < -0.3 is 4.90 Å². The van der Waals surface area contributed by atoms with Crippen molar-refractivity contribution in [3.63, 3.8) is 0 Å². The lowest BCUT2D eigenvalue weighted by molar-refractivity contribution is -0.130. The number of unbranched alkanes of at least 4 members (excludes halogenated alkanes) is 1. The van der Waals surface area contributed by atoms with Crippen molar-refractivity contribution in [1.82, 2.24) is 10.2 Å². The molecule has 1 amide bonds. The monoisotopic (exact) mass is 326 g/mol. The van der Waals surface area contributed by atoms with Gasteiger partial charge in [-0.25, -0.2) is 0 Å². The Bertz CT molecular complexity index is 337. The van der Waals surface area contributed by atoms with Crippen molar-refractivity contribution in [3.05, 3.63) is 0 Å². The van der Waals surface area contributed by atoms with Gasteiger partial charge in [0.25, 0.3) is 0 Å². The smallest absolute Gasteiger partial charge is 0.325 e. The van der Waals surface area contributed by atoms with E-state index in [1.54, 1.807) is 4.90 Å². The maximum Gasteiger partial charge on any atom is 0.441 e. The van der Waals surface area contributed by atoms with Gasteiger partial charge in [0, 0.05) is 12.3 Å². The topological polar surface area (TPSA) is 32.3 Å². The van der Waals surface area contributed by atoms with Crippen LogP contribution in [0.4, 0.5) is 13.2 Å². The lowest BCUT2D eigenvalue weighted by atomic mass is 10.1. The maximum atomic E-state index is 12.3. The van der Waals surface area contributed by atoms with Gasteiger partial charge in [-0.1, -0.05) is 33.6 Å².